The molecule has 1 aromatic carbocycles. The first kappa shape index (κ1) is 24.7. The molecule has 1 aromatic heterocycles. The summed E-state index contributed by atoms with van der Waals surface area (Å²) in [5, 5.41) is 13.0. The Bertz CT molecular complexity index is 1090. The Morgan fingerprint density at radius 3 is 2.74 bits per heavy atom. The number of halogens is 1. The highest BCUT2D eigenvalue weighted by molar-refractivity contribution is 7.89. The van der Waals surface area contributed by atoms with Crippen LogP contribution in [0.3, 0.4) is 0 Å². The number of β-amino-alcohol motifs (C(OH)–C–C–N with tert-alkyl or cyclic N) is 1. The van der Waals surface area contributed by atoms with Crippen molar-refractivity contribution in [3.63, 3.8) is 0 Å². The third kappa shape index (κ3) is 5.81. The van der Waals surface area contributed by atoms with E-state index in [1.54, 1.807) is 23.7 Å². The molecule has 3 heterocycles. The van der Waals surface area contributed by atoms with Crippen LogP contribution in [0.1, 0.15) is 24.8 Å². The second kappa shape index (κ2) is 10.5. The summed E-state index contributed by atoms with van der Waals surface area (Å²) >= 11 is 0. The monoisotopic (exact) mass is 496 g/mol. The minimum Gasteiger partial charge on any atom is -0.389 e. The largest absolute Gasteiger partial charge is 0.389 e. The second-order valence-electron chi connectivity index (χ2n) is 8.69. The smallest absolute Gasteiger partial charge is 0.262 e. The number of nitrogens with zero attached hydrogens (tertiary/aromatic N) is 3. The van der Waals surface area contributed by atoms with E-state index in [2.05, 4.69) is 10.3 Å². The van der Waals surface area contributed by atoms with Crippen molar-refractivity contribution < 1.29 is 32.2 Å². The maximum Gasteiger partial charge on any atom is 0.262 e. The van der Waals surface area contributed by atoms with Gasteiger partial charge in [0.1, 0.15) is 5.82 Å². The zero-order valence-corrected chi connectivity index (χ0v) is 19.7. The number of imidazole rings is 1. The highest BCUT2D eigenvalue weighted by Gasteiger charge is 2.43. The number of aryl methyl sites for hydroxylation is 1. The van der Waals surface area contributed by atoms with E-state index in [4.69, 9.17) is 9.47 Å². The van der Waals surface area contributed by atoms with Crippen LogP contribution in [0.15, 0.2) is 41.8 Å². The molecule has 2 fully saturated rings. The number of benzene rings is 1. The Labute approximate surface area is 197 Å². The fourth-order valence-corrected chi connectivity index (χ4v) is 5.98. The molecule has 2 aliphatic rings. The highest BCUT2D eigenvalue weighted by atomic mass is 32.2. The van der Waals surface area contributed by atoms with Crippen molar-refractivity contribution in [3.05, 3.63) is 48.2 Å². The molecular weight excluding hydrogens is 467 g/mol. The maximum absolute atomic E-state index is 13.3. The Morgan fingerprint density at radius 2 is 2.03 bits per heavy atom. The Kier molecular flexibility index (Phi) is 7.63. The van der Waals surface area contributed by atoms with E-state index in [1.165, 1.54) is 29.0 Å². The molecule has 10 nitrogen and oxygen atoms in total. The van der Waals surface area contributed by atoms with Crippen LogP contribution in [0.4, 0.5) is 4.39 Å². The van der Waals surface area contributed by atoms with E-state index in [0.29, 0.717) is 12.8 Å². The summed E-state index contributed by atoms with van der Waals surface area (Å²) in [7, 11) is -2.29. The molecule has 4 atom stereocenters. The van der Waals surface area contributed by atoms with Crippen molar-refractivity contribution >= 4 is 15.9 Å². The average molecular weight is 497 g/mol. The standard InChI is InChI=1S/C22H29FN4O6S/c1-26-11-22(25-14-26)34(30,31)27-10-17(28)12-32-13-20-19(27)7-6-18(33-20)8-21(29)24-9-15-2-4-16(23)5-3-15/h2-5,11,14,17-20,28H,6-10,12-13H2,1H3,(H,24,29)/t17-,18-,19+,20-/m0/s1. The molecule has 1 amide bonds. The Balaban J connectivity index is 1.41. The van der Waals surface area contributed by atoms with Gasteiger partial charge in [0.05, 0.1) is 50.3 Å². The van der Waals surface area contributed by atoms with Gasteiger partial charge in [0.2, 0.25) is 5.91 Å². The number of hydrogen-bond donors (Lipinski definition) is 2. The third-order valence-corrected chi connectivity index (χ3v) is 7.78. The molecule has 4 rings (SSSR count). The van der Waals surface area contributed by atoms with Crippen molar-refractivity contribution in [1.82, 2.24) is 19.2 Å². The van der Waals surface area contributed by atoms with Crippen LogP contribution in [0.25, 0.3) is 0 Å². The maximum atomic E-state index is 13.3. The lowest BCUT2D eigenvalue weighted by Gasteiger charge is -2.43. The lowest BCUT2D eigenvalue weighted by molar-refractivity contribution is -0.146. The number of ether oxygens (including phenoxy) is 2. The molecule has 2 aromatic rings. The van der Waals surface area contributed by atoms with Gasteiger partial charge in [-0.15, -0.1) is 0 Å². The van der Waals surface area contributed by atoms with Crippen molar-refractivity contribution in [2.24, 2.45) is 7.05 Å². The normalized spacial score (nSPS) is 26.3. The van der Waals surface area contributed by atoms with Gasteiger partial charge < -0.3 is 24.5 Å². The number of sulfonamides is 1. The molecule has 186 valence electrons. The molecule has 0 unspecified atom stereocenters. The summed E-state index contributed by atoms with van der Waals surface area (Å²) in [4.78, 5) is 16.4. The minimum absolute atomic E-state index is 0.0242. The van der Waals surface area contributed by atoms with Crippen molar-refractivity contribution in [2.75, 3.05) is 19.8 Å². The van der Waals surface area contributed by atoms with Crippen LogP contribution in [0, 0.1) is 5.82 Å². The van der Waals surface area contributed by atoms with Gasteiger partial charge in [-0.2, -0.15) is 4.31 Å². The van der Waals surface area contributed by atoms with Crippen LogP contribution < -0.4 is 5.32 Å². The van der Waals surface area contributed by atoms with Crippen molar-refractivity contribution in [3.8, 4) is 0 Å². The highest BCUT2D eigenvalue weighted by Crippen LogP contribution is 2.31. The Hall–Kier alpha value is -2.38. The summed E-state index contributed by atoms with van der Waals surface area (Å²) < 4.78 is 54.1. The minimum atomic E-state index is -3.97. The van der Waals surface area contributed by atoms with Gasteiger partial charge in [0.15, 0.2) is 5.03 Å². The second-order valence-corrected chi connectivity index (χ2v) is 10.5. The number of carbonyl (C=O) groups excluding carboxylic acids is 1. The van der Waals surface area contributed by atoms with Gasteiger partial charge in [-0.25, -0.2) is 17.8 Å². The number of nitrogens with one attached hydrogen (secondary N) is 1. The fourth-order valence-electron chi connectivity index (χ4n) is 4.29. The number of aliphatic hydroxyl groups is 1. The van der Waals surface area contributed by atoms with Gasteiger partial charge in [0, 0.05) is 26.3 Å². The van der Waals surface area contributed by atoms with E-state index in [0.717, 1.165) is 5.56 Å². The molecule has 2 aliphatic heterocycles. The van der Waals surface area contributed by atoms with Crippen LogP contribution in [-0.2, 0) is 37.9 Å². The summed E-state index contributed by atoms with van der Waals surface area (Å²) in [6, 6.07) is 5.33. The first-order valence-electron chi connectivity index (χ1n) is 11.1. The van der Waals surface area contributed by atoms with Gasteiger partial charge in [0.25, 0.3) is 10.0 Å². The number of aliphatic hydroxyl groups excluding tert-OH is 1. The summed E-state index contributed by atoms with van der Waals surface area (Å²) in [6.07, 6.45) is 1.89. The van der Waals surface area contributed by atoms with Gasteiger partial charge in [-0.05, 0) is 30.5 Å². The van der Waals surface area contributed by atoms with E-state index < -0.39 is 34.4 Å². The number of carbonyl (C=O) groups is 1. The van der Waals surface area contributed by atoms with Crippen LogP contribution in [-0.4, -0.2) is 77.4 Å². The summed E-state index contributed by atoms with van der Waals surface area (Å²) in [5.41, 5.74) is 0.779. The van der Waals surface area contributed by atoms with Crippen LogP contribution in [0.2, 0.25) is 0 Å². The number of rotatable bonds is 6. The quantitative estimate of drug-likeness (QED) is 0.599. The number of hydrogen-bond acceptors (Lipinski definition) is 7. The predicted molar refractivity (Wildman–Crippen MR) is 118 cm³/mol. The molecule has 2 N–H and O–H groups in total. The molecule has 0 bridgehead atoms. The topological polar surface area (TPSA) is 123 Å². The summed E-state index contributed by atoms with van der Waals surface area (Å²) in [6.45, 7) is 0.217. The van der Waals surface area contributed by atoms with E-state index in [9.17, 15) is 22.7 Å². The van der Waals surface area contributed by atoms with Gasteiger partial charge in [-0.3, -0.25) is 4.79 Å². The van der Waals surface area contributed by atoms with E-state index in [-0.39, 0.29) is 49.5 Å². The summed E-state index contributed by atoms with van der Waals surface area (Å²) in [5.74, 6) is -0.554. The number of fused-ring (bicyclic) bond motifs is 1. The molecule has 0 spiro atoms. The average Bonchev–Trinajstić information content (AvgIpc) is 3.23. The van der Waals surface area contributed by atoms with Crippen LogP contribution >= 0.6 is 0 Å². The molecule has 2 saturated heterocycles. The van der Waals surface area contributed by atoms with Gasteiger partial charge in [-0.1, -0.05) is 12.1 Å². The zero-order chi connectivity index (χ0) is 24.3. The SMILES string of the molecule is Cn1cnc(S(=O)(=O)N2C[C@H](O)COC[C@@H]3O[C@H](CC(=O)NCc4ccc(F)cc4)CC[C@H]32)c1. The molecule has 0 saturated carbocycles. The van der Waals surface area contributed by atoms with Crippen molar-refractivity contribution in [1.29, 1.82) is 0 Å². The van der Waals surface area contributed by atoms with Crippen LogP contribution in [0.5, 0.6) is 0 Å². The molecule has 12 heteroatoms. The zero-order valence-electron chi connectivity index (χ0n) is 18.8. The predicted octanol–water partition coefficient (Wildman–Crippen LogP) is 0.564. The number of aromatic nitrogens is 2. The number of amides is 1. The molecule has 34 heavy (non-hydrogen) atoms. The lowest BCUT2D eigenvalue weighted by atomic mass is 9.96. The van der Waals surface area contributed by atoms with Gasteiger partial charge >= 0.3 is 0 Å². The molecule has 0 aliphatic carbocycles. The van der Waals surface area contributed by atoms with E-state index in [1.807, 2.05) is 0 Å². The fraction of sp³-hybridized carbons (Fsp3) is 0.545. The lowest BCUT2D eigenvalue weighted by Crippen LogP contribution is -2.57. The molecule has 0 radical (unpaired) electrons. The Morgan fingerprint density at radius 1 is 1.26 bits per heavy atom. The first-order valence-corrected chi connectivity index (χ1v) is 12.6. The first-order chi connectivity index (χ1) is 16.2. The molecular formula is C22H29FN4O6S. The third-order valence-electron chi connectivity index (χ3n) is 6.00. The van der Waals surface area contributed by atoms with E-state index >= 15 is 0 Å². The van der Waals surface area contributed by atoms with Crippen molar-refractivity contribution in [2.45, 2.75) is 55.2 Å².